The van der Waals surface area contributed by atoms with Crippen LogP contribution in [-0.2, 0) is 4.79 Å². The van der Waals surface area contributed by atoms with E-state index in [-0.39, 0.29) is 11.8 Å². The Labute approximate surface area is 86.0 Å². The summed E-state index contributed by atoms with van der Waals surface area (Å²) in [6.07, 6.45) is 5.54. The molecule has 0 heterocycles. The lowest BCUT2D eigenvalue weighted by Gasteiger charge is -2.38. The number of hydrogen-bond donors (Lipinski definition) is 1. The smallest absolute Gasteiger partial charge is 0.306 e. The van der Waals surface area contributed by atoms with E-state index < -0.39 is 5.97 Å². The minimum Gasteiger partial charge on any atom is -0.481 e. The molecular formula is C12H20O2. The average Bonchev–Trinajstić information content (AvgIpc) is 2.02. The van der Waals surface area contributed by atoms with Crippen molar-refractivity contribution < 1.29 is 9.90 Å². The Morgan fingerprint density at radius 1 is 1.64 bits per heavy atom. The van der Waals surface area contributed by atoms with Crippen molar-refractivity contribution in [2.24, 2.45) is 17.3 Å². The number of carboxylic acid groups (broad SMARTS) is 1. The number of rotatable bonds is 3. The summed E-state index contributed by atoms with van der Waals surface area (Å²) in [4.78, 5) is 11.0. The number of aliphatic carboxylic acids is 1. The normalized spacial score (nSPS) is 31.0. The Hall–Kier alpha value is -0.790. The molecule has 0 radical (unpaired) electrons. The molecule has 1 fully saturated rings. The Morgan fingerprint density at radius 2 is 2.29 bits per heavy atom. The highest BCUT2D eigenvalue weighted by Crippen LogP contribution is 2.43. The van der Waals surface area contributed by atoms with Gasteiger partial charge in [-0.2, -0.15) is 0 Å². The minimum atomic E-state index is -0.632. The molecule has 0 amide bonds. The van der Waals surface area contributed by atoms with E-state index in [9.17, 15) is 4.79 Å². The molecule has 0 bridgehead atoms. The molecule has 1 N–H and O–H groups in total. The quantitative estimate of drug-likeness (QED) is 0.704. The second kappa shape index (κ2) is 4.16. The fourth-order valence-electron chi connectivity index (χ4n) is 2.52. The summed E-state index contributed by atoms with van der Waals surface area (Å²) in [6.45, 7) is 8.15. The first-order valence-corrected chi connectivity index (χ1v) is 5.30. The first kappa shape index (κ1) is 11.3. The van der Waals surface area contributed by atoms with Crippen molar-refractivity contribution in [1.29, 1.82) is 0 Å². The van der Waals surface area contributed by atoms with E-state index in [1.165, 1.54) is 0 Å². The van der Waals surface area contributed by atoms with E-state index in [1.807, 2.05) is 6.08 Å². The van der Waals surface area contributed by atoms with Crippen LogP contribution >= 0.6 is 0 Å². The van der Waals surface area contributed by atoms with Crippen LogP contribution in [0.2, 0.25) is 0 Å². The molecule has 2 atom stereocenters. The van der Waals surface area contributed by atoms with Gasteiger partial charge in [-0.15, -0.1) is 6.58 Å². The first-order chi connectivity index (χ1) is 6.46. The minimum absolute atomic E-state index is 0.152. The molecular weight excluding hydrogens is 176 g/mol. The summed E-state index contributed by atoms with van der Waals surface area (Å²) in [5, 5.41) is 9.07. The van der Waals surface area contributed by atoms with Gasteiger partial charge >= 0.3 is 5.97 Å². The summed E-state index contributed by atoms with van der Waals surface area (Å²) in [6, 6.07) is 0. The number of carboxylic acids is 1. The molecule has 1 aliphatic rings. The highest BCUT2D eigenvalue weighted by atomic mass is 16.4. The Balaban J connectivity index is 2.70. The van der Waals surface area contributed by atoms with E-state index in [4.69, 9.17) is 5.11 Å². The SMILES string of the molecule is C=CCC1CC(C)(C)CCC1C(=O)O. The van der Waals surface area contributed by atoms with Crippen molar-refractivity contribution in [2.45, 2.75) is 39.5 Å². The topological polar surface area (TPSA) is 37.3 Å². The van der Waals surface area contributed by atoms with E-state index >= 15 is 0 Å². The van der Waals surface area contributed by atoms with Gasteiger partial charge in [0, 0.05) is 0 Å². The van der Waals surface area contributed by atoms with Gasteiger partial charge in [0.05, 0.1) is 5.92 Å². The van der Waals surface area contributed by atoms with Crippen molar-refractivity contribution in [2.75, 3.05) is 0 Å². The molecule has 14 heavy (non-hydrogen) atoms. The molecule has 0 aromatic rings. The summed E-state index contributed by atoms with van der Waals surface area (Å²) in [5.74, 6) is -0.498. The lowest BCUT2D eigenvalue weighted by atomic mass is 9.66. The van der Waals surface area contributed by atoms with E-state index in [0.29, 0.717) is 5.41 Å². The predicted octanol–water partition coefficient (Wildman–Crippen LogP) is 3.09. The highest BCUT2D eigenvalue weighted by Gasteiger charge is 2.37. The number of carbonyl (C=O) groups is 1. The summed E-state index contributed by atoms with van der Waals surface area (Å²) < 4.78 is 0. The predicted molar refractivity (Wildman–Crippen MR) is 57.1 cm³/mol. The molecule has 0 saturated heterocycles. The standard InChI is InChI=1S/C12H20O2/c1-4-5-9-8-12(2,3)7-6-10(9)11(13)14/h4,9-10H,1,5-8H2,2-3H3,(H,13,14). The molecule has 0 spiro atoms. The molecule has 2 nitrogen and oxygen atoms in total. The van der Waals surface area contributed by atoms with Gasteiger partial charge in [-0.25, -0.2) is 0 Å². The summed E-state index contributed by atoms with van der Waals surface area (Å²) in [5.41, 5.74) is 0.305. The third-order valence-corrected chi connectivity index (χ3v) is 3.30. The summed E-state index contributed by atoms with van der Waals surface area (Å²) in [7, 11) is 0. The maximum atomic E-state index is 11.0. The molecule has 1 saturated carbocycles. The van der Waals surface area contributed by atoms with Gasteiger partial charge in [0.25, 0.3) is 0 Å². The monoisotopic (exact) mass is 196 g/mol. The number of allylic oxidation sites excluding steroid dienone is 1. The largest absolute Gasteiger partial charge is 0.481 e. The van der Waals surface area contributed by atoms with E-state index in [0.717, 1.165) is 25.7 Å². The van der Waals surface area contributed by atoms with Crippen LogP contribution in [0.1, 0.15) is 39.5 Å². The van der Waals surface area contributed by atoms with Crippen molar-refractivity contribution in [1.82, 2.24) is 0 Å². The molecule has 1 aliphatic carbocycles. The van der Waals surface area contributed by atoms with Gasteiger partial charge in [0.15, 0.2) is 0 Å². The highest BCUT2D eigenvalue weighted by molar-refractivity contribution is 5.70. The van der Waals surface area contributed by atoms with Crippen LogP contribution in [-0.4, -0.2) is 11.1 Å². The fraction of sp³-hybridized carbons (Fsp3) is 0.750. The second-order valence-electron chi connectivity index (χ2n) is 5.14. The van der Waals surface area contributed by atoms with Gasteiger partial charge in [-0.05, 0) is 37.0 Å². The molecule has 0 aromatic heterocycles. The third kappa shape index (κ3) is 2.60. The molecule has 80 valence electrons. The Bertz CT molecular complexity index is 230. The molecule has 1 rings (SSSR count). The maximum absolute atomic E-state index is 11.0. The van der Waals surface area contributed by atoms with Crippen molar-refractivity contribution in [3.8, 4) is 0 Å². The second-order valence-corrected chi connectivity index (χ2v) is 5.14. The molecule has 0 aromatic carbocycles. The van der Waals surface area contributed by atoms with Crippen LogP contribution in [0.25, 0.3) is 0 Å². The van der Waals surface area contributed by atoms with Crippen LogP contribution in [0.15, 0.2) is 12.7 Å². The van der Waals surface area contributed by atoms with Gasteiger partial charge in [0.2, 0.25) is 0 Å². The van der Waals surface area contributed by atoms with Crippen molar-refractivity contribution in [3.63, 3.8) is 0 Å². The van der Waals surface area contributed by atoms with E-state index in [2.05, 4.69) is 20.4 Å². The maximum Gasteiger partial charge on any atom is 0.306 e. The zero-order valence-corrected chi connectivity index (χ0v) is 9.12. The Morgan fingerprint density at radius 3 is 2.79 bits per heavy atom. The van der Waals surface area contributed by atoms with Gasteiger partial charge in [-0.1, -0.05) is 19.9 Å². The molecule has 2 unspecified atom stereocenters. The van der Waals surface area contributed by atoms with Gasteiger partial charge in [0.1, 0.15) is 0 Å². The zero-order chi connectivity index (χ0) is 10.8. The van der Waals surface area contributed by atoms with Crippen molar-refractivity contribution in [3.05, 3.63) is 12.7 Å². The van der Waals surface area contributed by atoms with Crippen LogP contribution in [0, 0.1) is 17.3 Å². The third-order valence-electron chi connectivity index (χ3n) is 3.30. The lowest BCUT2D eigenvalue weighted by molar-refractivity contribution is -0.146. The summed E-state index contributed by atoms with van der Waals surface area (Å²) >= 11 is 0. The lowest BCUT2D eigenvalue weighted by Crippen LogP contribution is -2.34. The Kier molecular flexibility index (Phi) is 3.35. The van der Waals surface area contributed by atoms with Crippen LogP contribution in [0.4, 0.5) is 0 Å². The van der Waals surface area contributed by atoms with Gasteiger partial charge < -0.3 is 5.11 Å². The van der Waals surface area contributed by atoms with Gasteiger partial charge in [-0.3, -0.25) is 4.79 Å². The van der Waals surface area contributed by atoms with E-state index in [1.54, 1.807) is 0 Å². The first-order valence-electron chi connectivity index (χ1n) is 5.30. The van der Waals surface area contributed by atoms with Crippen LogP contribution in [0.5, 0.6) is 0 Å². The molecule has 2 heteroatoms. The van der Waals surface area contributed by atoms with Crippen LogP contribution in [0.3, 0.4) is 0 Å². The molecule has 0 aliphatic heterocycles. The zero-order valence-electron chi connectivity index (χ0n) is 9.12. The fourth-order valence-corrected chi connectivity index (χ4v) is 2.52. The average molecular weight is 196 g/mol. The number of hydrogen-bond acceptors (Lipinski definition) is 1. The van der Waals surface area contributed by atoms with Crippen molar-refractivity contribution >= 4 is 5.97 Å². The van der Waals surface area contributed by atoms with Crippen LogP contribution < -0.4 is 0 Å².